The molecule has 1 aliphatic rings. The fourth-order valence-electron chi connectivity index (χ4n) is 1.26. The molecule has 0 amide bonds. The van der Waals surface area contributed by atoms with Crippen molar-refractivity contribution in [3.63, 3.8) is 0 Å². The molecule has 11 heavy (non-hydrogen) atoms. The van der Waals surface area contributed by atoms with Gasteiger partial charge in [0, 0.05) is 8.95 Å². The first-order valence-electron chi connectivity index (χ1n) is 3.67. The fraction of sp³-hybridized carbons (Fsp3) is 0.333. The van der Waals surface area contributed by atoms with Gasteiger partial charge in [-0.25, -0.2) is 0 Å². The molecular formula is C9H8ClI. The van der Waals surface area contributed by atoms with Gasteiger partial charge in [0.15, 0.2) is 0 Å². The van der Waals surface area contributed by atoms with Crippen molar-refractivity contribution in [2.75, 3.05) is 0 Å². The molecule has 0 aromatic heterocycles. The zero-order chi connectivity index (χ0) is 7.84. The summed E-state index contributed by atoms with van der Waals surface area (Å²) >= 11 is 8.50. The lowest BCUT2D eigenvalue weighted by Gasteiger charge is -1.99. The molecule has 0 saturated heterocycles. The average Bonchev–Trinajstić information content (AvgIpc) is 2.68. The number of rotatable bonds is 1. The second-order valence-corrected chi connectivity index (χ2v) is 4.89. The summed E-state index contributed by atoms with van der Waals surface area (Å²) in [4.78, 5) is 0. The van der Waals surface area contributed by atoms with Crippen LogP contribution in [0.3, 0.4) is 0 Å². The molecule has 0 N–H and O–H groups in total. The van der Waals surface area contributed by atoms with Gasteiger partial charge in [-0.1, -0.05) is 52.4 Å². The number of alkyl halides is 1. The topological polar surface area (TPSA) is 0 Å². The van der Waals surface area contributed by atoms with Crippen molar-refractivity contribution < 1.29 is 0 Å². The van der Waals surface area contributed by atoms with Crippen LogP contribution in [-0.2, 0) is 0 Å². The van der Waals surface area contributed by atoms with Gasteiger partial charge >= 0.3 is 0 Å². The maximum absolute atomic E-state index is 6.02. The van der Waals surface area contributed by atoms with Gasteiger partial charge in [-0.05, 0) is 24.0 Å². The maximum atomic E-state index is 6.02. The summed E-state index contributed by atoms with van der Waals surface area (Å²) in [6.45, 7) is 0. The first kappa shape index (κ1) is 7.87. The molecule has 1 saturated carbocycles. The summed E-state index contributed by atoms with van der Waals surface area (Å²) in [6.07, 6.45) is 1.30. The van der Waals surface area contributed by atoms with Crippen LogP contribution in [0.5, 0.6) is 0 Å². The minimum Gasteiger partial charge on any atom is -0.0840 e. The predicted molar refractivity (Wildman–Crippen MR) is 56.6 cm³/mol. The van der Waals surface area contributed by atoms with Gasteiger partial charge in [0.1, 0.15) is 0 Å². The molecule has 58 valence electrons. The zero-order valence-corrected chi connectivity index (χ0v) is 8.84. The van der Waals surface area contributed by atoms with Crippen LogP contribution < -0.4 is 0 Å². The Bertz CT molecular complexity index is 272. The molecule has 0 nitrogen and oxygen atoms in total. The Labute approximate surface area is 85.1 Å². The Morgan fingerprint density at radius 3 is 2.55 bits per heavy atom. The third kappa shape index (κ3) is 1.54. The fourth-order valence-corrected chi connectivity index (χ4v) is 2.47. The van der Waals surface area contributed by atoms with Crippen molar-refractivity contribution in [2.24, 2.45) is 0 Å². The van der Waals surface area contributed by atoms with Crippen LogP contribution in [0.4, 0.5) is 0 Å². The Balaban J connectivity index is 2.31. The summed E-state index contributed by atoms with van der Waals surface area (Å²) in [5.41, 5.74) is 1.33. The van der Waals surface area contributed by atoms with Crippen LogP contribution in [0.1, 0.15) is 17.9 Å². The lowest BCUT2D eigenvalue weighted by molar-refractivity contribution is 1.14. The number of halogens is 2. The van der Waals surface area contributed by atoms with E-state index in [4.69, 9.17) is 11.6 Å². The normalized spacial score (nSPS) is 28.5. The molecule has 0 bridgehead atoms. The standard InChI is InChI=1S/C9H8ClI/c10-8-4-2-1-3-6(8)7-5-9(7)11/h1-4,7,9H,5H2/t7-,9?/m1/s1. The van der Waals surface area contributed by atoms with Gasteiger partial charge < -0.3 is 0 Å². The average molecular weight is 279 g/mol. The van der Waals surface area contributed by atoms with E-state index < -0.39 is 0 Å². The van der Waals surface area contributed by atoms with Crippen LogP contribution >= 0.6 is 34.2 Å². The zero-order valence-electron chi connectivity index (χ0n) is 5.93. The first-order chi connectivity index (χ1) is 5.29. The van der Waals surface area contributed by atoms with E-state index in [9.17, 15) is 0 Å². The molecule has 0 heterocycles. The molecule has 2 rings (SSSR count). The third-order valence-electron chi connectivity index (χ3n) is 2.02. The van der Waals surface area contributed by atoms with Gasteiger partial charge in [0.05, 0.1) is 0 Å². The lowest BCUT2D eigenvalue weighted by Crippen LogP contribution is -1.81. The Morgan fingerprint density at radius 2 is 2.00 bits per heavy atom. The molecule has 1 aliphatic carbocycles. The van der Waals surface area contributed by atoms with E-state index in [2.05, 4.69) is 34.7 Å². The minimum absolute atomic E-state index is 0.726. The maximum Gasteiger partial charge on any atom is 0.0441 e. The van der Waals surface area contributed by atoms with E-state index in [-0.39, 0.29) is 0 Å². The summed E-state index contributed by atoms with van der Waals surface area (Å²) in [5.74, 6) is 0.726. The lowest BCUT2D eigenvalue weighted by atomic mass is 10.1. The van der Waals surface area contributed by atoms with Crippen molar-refractivity contribution in [1.82, 2.24) is 0 Å². The van der Waals surface area contributed by atoms with Crippen LogP contribution in [0, 0.1) is 0 Å². The monoisotopic (exact) mass is 278 g/mol. The molecule has 2 heteroatoms. The van der Waals surface area contributed by atoms with E-state index in [1.54, 1.807) is 0 Å². The molecule has 1 aromatic rings. The van der Waals surface area contributed by atoms with E-state index in [1.807, 2.05) is 12.1 Å². The molecule has 1 unspecified atom stereocenters. The number of benzene rings is 1. The van der Waals surface area contributed by atoms with Crippen molar-refractivity contribution in [2.45, 2.75) is 16.3 Å². The summed E-state index contributed by atoms with van der Waals surface area (Å²) in [6, 6.07) is 8.14. The van der Waals surface area contributed by atoms with Crippen molar-refractivity contribution in [3.05, 3.63) is 34.9 Å². The van der Waals surface area contributed by atoms with E-state index in [1.165, 1.54) is 12.0 Å². The van der Waals surface area contributed by atoms with Crippen molar-refractivity contribution in [1.29, 1.82) is 0 Å². The summed E-state index contributed by atoms with van der Waals surface area (Å²) in [7, 11) is 0. The highest BCUT2D eigenvalue weighted by Crippen LogP contribution is 2.48. The minimum atomic E-state index is 0.726. The van der Waals surface area contributed by atoms with E-state index in [0.717, 1.165) is 14.9 Å². The molecule has 0 aliphatic heterocycles. The second-order valence-electron chi connectivity index (χ2n) is 2.88. The summed E-state index contributed by atoms with van der Waals surface area (Å²) in [5, 5.41) is 0.927. The van der Waals surface area contributed by atoms with Crippen LogP contribution in [0.2, 0.25) is 5.02 Å². The summed E-state index contributed by atoms with van der Waals surface area (Å²) < 4.78 is 0.812. The molecule has 1 aromatic carbocycles. The molecule has 0 spiro atoms. The van der Waals surface area contributed by atoms with Crippen LogP contribution in [0.15, 0.2) is 24.3 Å². The molecule has 0 radical (unpaired) electrons. The van der Waals surface area contributed by atoms with Crippen LogP contribution in [0.25, 0.3) is 0 Å². The number of hydrogen-bond acceptors (Lipinski definition) is 0. The molecule has 1 fully saturated rings. The SMILES string of the molecule is Clc1ccccc1[C@H]1CC1I. The smallest absolute Gasteiger partial charge is 0.0441 e. The van der Waals surface area contributed by atoms with Gasteiger partial charge in [-0.2, -0.15) is 0 Å². The number of hydrogen-bond donors (Lipinski definition) is 0. The van der Waals surface area contributed by atoms with Crippen molar-refractivity contribution in [3.8, 4) is 0 Å². The molecular weight excluding hydrogens is 270 g/mol. The van der Waals surface area contributed by atoms with E-state index in [0.29, 0.717) is 0 Å². The van der Waals surface area contributed by atoms with Gasteiger partial charge in [-0.3, -0.25) is 0 Å². The largest absolute Gasteiger partial charge is 0.0840 e. The van der Waals surface area contributed by atoms with E-state index >= 15 is 0 Å². The quantitative estimate of drug-likeness (QED) is 0.543. The highest BCUT2D eigenvalue weighted by atomic mass is 127. The third-order valence-corrected chi connectivity index (χ3v) is 3.74. The molecule has 2 atom stereocenters. The van der Waals surface area contributed by atoms with Gasteiger partial charge in [-0.15, -0.1) is 0 Å². The predicted octanol–water partition coefficient (Wildman–Crippen LogP) is 3.63. The van der Waals surface area contributed by atoms with Crippen LogP contribution in [-0.4, -0.2) is 3.92 Å². The van der Waals surface area contributed by atoms with Crippen molar-refractivity contribution >= 4 is 34.2 Å². The Morgan fingerprint density at radius 1 is 1.36 bits per heavy atom. The highest BCUT2D eigenvalue weighted by Gasteiger charge is 2.36. The highest BCUT2D eigenvalue weighted by molar-refractivity contribution is 14.1. The first-order valence-corrected chi connectivity index (χ1v) is 5.30. The second kappa shape index (κ2) is 2.94. The van der Waals surface area contributed by atoms with Gasteiger partial charge in [0.2, 0.25) is 0 Å². The Kier molecular flexibility index (Phi) is 2.10. The van der Waals surface area contributed by atoms with Gasteiger partial charge in [0.25, 0.3) is 0 Å². The Hall–Kier alpha value is 0.240.